The van der Waals surface area contributed by atoms with Gasteiger partial charge in [0.05, 0.1) is 5.92 Å². The molecule has 3 nitrogen and oxygen atoms in total. The Bertz CT molecular complexity index is 425. The van der Waals surface area contributed by atoms with Gasteiger partial charge >= 0.3 is 5.97 Å². The standard InChI is InChI=1S/C14H17FO3/c1-9(7-10(2)14(17)18)13(16)8-11-3-5-12(15)6-4-11/h3-6,9-10H,7-8H2,1-2H3,(H,17,18)/t9-,10+/m0/s1. The Kier molecular flexibility index (Phi) is 5.01. The molecule has 1 rings (SSSR count). The minimum Gasteiger partial charge on any atom is -0.481 e. The summed E-state index contributed by atoms with van der Waals surface area (Å²) in [6.07, 6.45) is 0.545. The van der Waals surface area contributed by atoms with Crippen molar-refractivity contribution in [2.45, 2.75) is 26.7 Å². The molecule has 4 heteroatoms. The lowest BCUT2D eigenvalue weighted by atomic mass is 9.91. The third kappa shape index (κ3) is 4.28. The van der Waals surface area contributed by atoms with Crippen molar-refractivity contribution in [2.75, 3.05) is 0 Å². The number of hydrogen-bond donors (Lipinski definition) is 1. The van der Waals surface area contributed by atoms with Crippen molar-refractivity contribution in [3.05, 3.63) is 35.6 Å². The molecule has 1 N–H and O–H groups in total. The molecule has 0 aliphatic heterocycles. The molecule has 0 aliphatic carbocycles. The van der Waals surface area contributed by atoms with Crippen molar-refractivity contribution in [3.8, 4) is 0 Å². The quantitative estimate of drug-likeness (QED) is 0.846. The topological polar surface area (TPSA) is 54.4 Å². The molecule has 0 spiro atoms. The van der Waals surface area contributed by atoms with Gasteiger partial charge in [-0.2, -0.15) is 0 Å². The van der Waals surface area contributed by atoms with Gasteiger partial charge in [0, 0.05) is 12.3 Å². The summed E-state index contributed by atoms with van der Waals surface area (Å²) in [5.41, 5.74) is 0.747. The van der Waals surface area contributed by atoms with Crippen molar-refractivity contribution < 1.29 is 19.1 Å². The normalized spacial score (nSPS) is 13.9. The Balaban J connectivity index is 2.54. The summed E-state index contributed by atoms with van der Waals surface area (Å²) in [5.74, 6) is -2.08. The van der Waals surface area contributed by atoms with Gasteiger partial charge in [-0.3, -0.25) is 9.59 Å². The fourth-order valence-corrected chi connectivity index (χ4v) is 1.74. The summed E-state index contributed by atoms with van der Waals surface area (Å²) < 4.78 is 12.7. The summed E-state index contributed by atoms with van der Waals surface area (Å²) >= 11 is 0. The van der Waals surface area contributed by atoms with Crippen molar-refractivity contribution >= 4 is 11.8 Å². The summed E-state index contributed by atoms with van der Waals surface area (Å²) in [7, 11) is 0. The number of benzene rings is 1. The van der Waals surface area contributed by atoms with Crippen LogP contribution in [0, 0.1) is 17.7 Å². The number of carboxylic acids is 1. The zero-order valence-corrected chi connectivity index (χ0v) is 10.5. The molecule has 0 fully saturated rings. The lowest BCUT2D eigenvalue weighted by molar-refractivity contribution is -0.141. The molecule has 0 aromatic heterocycles. The van der Waals surface area contributed by atoms with Gasteiger partial charge in [0.15, 0.2) is 0 Å². The summed E-state index contributed by atoms with van der Waals surface area (Å²) in [5, 5.41) is 8.78. The molecular weight excluding hydrogens is 235 g/mol. The van der Waals surface area contributed by atoms with E-state index in [0.717, 1.165) is 5.56 Å². The van der Waals surface area contributed by atoms with Crippen LogP contribution in [0.25, 0.3) is 0 Å². The summed E-state index contributed by atoms with van der Waals surface area (Å²) in [4.78, 5) is 22.6. The predicted octanol–water partition coefficient (Wildman–Crippen LogP) is 2.68. The van der Waals surface area contributed by atoms with Crippen LogP contribution in [0.1, 0.15) is 25.8 Å². The number of halogens is 1. The first kappa shape index (κ1) is 14.4. The van der Waals surface area contributed by atoms with E-state index in [2.05, 4.69) is 0 Å². The van der Waals surface area contributed by atoms with E-state index < -0.39 is 11.9 Å². The van der Waals surface area contributed by atoms with Crippen LogP contribution in [0.15, 0.2) is 24.3 Å². The van der Waals surface area contributed by atoms with Gasteiger partial charge in [-0.25, -0.2) is 4.39 Å². The number of Topliss-reactive ketones (excluding diaryl/α,β-unsaturated/α-hetero) is 1. The molecule has 0 aliphatic rings. The van der Waals surface area contributed by atoms with E-state index in [1.54, 1.807) is 26.0 Å². The molecule has 0 saturated carbocycles. The Morgan fingerprint density at radius 2 is 1.72 bits per heavy atom. The SMILES string of the molecule is C[C@H](C[C@H](C)C(=O)Cc1ccc(F)cc1)C(=O)O. The second-order valence-electron chi connectivity index (χ2n) is 4.65. The molecule has 1 aromatic rings. The summed E-state index contributed by atoms with van der Waals surface area (Å²) in [6, 6.07) is 5.77. The van der Waals surface area contributed by atoms with Crippen LogP contribution < -0.4 is 0 Å². The lowest BCUT2D eigenvalue weighted by Gasteiger charge is -2.13. The molecule has 0 radical (unpaired) electrons. The zero-order valence-electron chi connectivity index (χ0n) is 10.5. The van der Waals surface area contributed by atoms with E-state index >= 15 is 0 Å². The number of aliphatic carboxylic acids is 1. The third-order valence-corrected chi connectivity index (χ3v) is 2.97. The molecule has 0 unspecified atom stereocenters. The molecule has 2 atom stereocenters. The van der Waals surface area contributed by atoms with Crippen LogP contribution >= 0.6 is 0 Å². The van der Waals surface area contributed by atoms with E-state index in [-0.39, 0.29) is 23.9 Å². The van der Waals surface area contributed by atoms with Crippen LogP contribution in [0.3, 0.4) is 0 Å². The Morgan fingerprint density at radius 3 is 2.22 bits per heavy atom. The Hall–Kier alpha value is -1.71. The first-order valence-electron chi connectivity index (χ1n) is 5.90. The highest BCUT2D eigenvalue weighted by Gasteiger charge is 2.20. The van der Waals surface area contributed by atoms with Crippen LogP contribution in [-0.2, 0) is 16.0 Å². The van der Waals surface area contributed by atoms with Gasteiger partial charge in [0.2, 0.25) is 0 Å². The van der Waals surface area contributed by atoms with Crippen molar-refractivity contribution in [1.82, 2.24) is 0 Å². The first-order chi connectivity index (χ1) is 8.40. The van der Waals surface area contributed by atoms with Crippen molar-refractivity contribution in [2.24, 2.45) is 11.8 Å². The second kappa shape index (κ2) is 6.28. The average Bonchev–Trinajstić information content (AvgIpc) is 2.31. The lowest BCUT2D eigenvalue weighted by Crippen LogP contribution is -2.20. The minimum absolute atomic E-state index is 0.0188. The predicted molar refractivity (Wildman–Crippen MR) is 65.7 cm³/mol. The van der Waals surface area contributed by atoms with Crippen LogP contribution in [-0.4, -0.2) is 16.9 Å². The van der Waals surface area contributed by atoms with Gasteiger partial charge in [-0.15, -0.1) is 0 Å². The fourth-order valence-electron chi connectivity index (χ4n) is 1.74. The smallest absolute Gasteiger partial charge is 0.306 e. The second-order valence-corrected chi connectivity index (χ2v) is 4.65. The monoisotopic (exact) mass is 252 g/mol. The van der Waals surface area contributed by atoms with Gasteiger partial charge in [0.1, 0.15) is 11.6 Å². The molecule has 1 aromatic carbocycles. The van der Waals surface area contributed by atoms with Crippen LogP contribution in [0.5, 0.6) is 0 Å². The number of hydrogen-bond acceptors (Lipinski definition) is 2. The Labute approximate surface area is 106 Å². The maximum absolute atomic E-state index is 12.7. The third-order valence-electron chi connectivity index (χ3n) is 2.97. The van der Waals surface area contributed by atoms with E-state index in [0.29, 0.717) is 6.42 Å². The highest BCUT2D eigenvalue weighted by Crippen LogP contribution is 2.15. The molecule has 18 heavy (non-hydrogen) atoms. The summed E-state index contributed by atoms with van der Waals surface area (Å²) in [6.45, 7) is 3.31. The maximum atomic E-state index is 12.7. The molecule has 0 amide bonds. The minimum atomic E-state index is -0.892. The van der Waals surface area contributed by atoms with E-state index in [1.165, 1.54) is 12.1 Å². The average molecular weight is 252 g/mol. The van der Waals surface area contributed by atoms with Gasteiger partial charge < -0.3 is 5.11 Å². The van der Waals surface area contributed by atoms with Crippen molar-refractivity contribution in [1.29, 1.82) is 0 Å². The Morgan fingerprint density at radius 1 is 1.17 bits per heavy atom. The highest BCUT2D eigenvalue weighted by molar-refractivity contribution is 5.83. The number of carbonyl (C=O) groups excluding carboxylic acids is 1. The molecule has 0 bridgehead atoms. The number of carboxylic acid groups (broad SMARTS) is 1. The van der Waals surface area contributed by atoms with Gasteiger partial charge in [0.25, 0.3) is 0 Å². The fraction of sp³-hybridized carbons (Fsp3) is 0.429. The highest BCUT2D eigenvalue weighted by atomic mass is 19.1. The number of carbonyl (C=O) groups is 2. The number of rotatable bonds is 6. The van der Waals surface area contributed by atoms with E-state index in [9.17, 15) is 14.0 Å². The van der Waals surface area contributed by atoms with Crippen LogP contribution in [0.2, 0.25) is 0 Å². The molecule has 98 valence electrons. The van der Waals surface area contributed by atoms with Crippen molar-refractivity contribution in [3.63, 3.8) is 0 Å². The first-order valence-corrected chi connectivity index (χ1v) is 5.90. The van der Waals surface area contributed by atoms with E-state index in [4.69, 9.17) is 5.11 Å². The molecule has 0 heterocycles. The van der Waals surface area contributed by atoms with Gasteiger partial charge in [-0.1, -0.05) is 26.0 Å². The van der Waals surface area contributed by atoms with E-state index in [1.807, 2.05) is 0 Å². The molecule has 0 saturated heterocycles. The maximum Gasteiger partial charge on any atom is 0.306 e. The largest absolute Gasteiger partial charge is 0.481 e. The van der Waals surface area contributed by atoms with Crippen LogP contribution in [0.4, 0.5) is 4.39 Å². The van der Waals surface area contributed by atoms with Gasteiger partial charge in [-0.05, 0) is 24.1 Å². The molecular formula is C14H17FO3. The zero-order chi connectivity index (χ0) is 13.7. The number of ketones is 1.